The quantitative estimate of drug-likeness (QED) is 0.610. The highest BCUT2D eigenvalue weighted by Gasteiger charge is 2.22. The number of aryl methyl sites for hydroxylation is 1. The first-order valence-electron chi connectivity index (χ1n) is 8.29. The second-order valence-corrected chi connectivity index (χ2v) is 6.13. The van der Waals surface area contributed by atoms with Gasteiger partial charge in [-0.25, -0.2) is 4.79 Å². The van der Waals surface area contributed by atoms with Gasteiger partial charge >= 0.3 is 5.97 Å². The minimum atomic E-state index is -1.08. The number of amides is 1. The number of nitrogens with one attached hydrogen (secondary N) is 2. The lowest BCUT2D eigenvalue weighted by Gasteiger charge is -2.15. The van der Waals surface area contributed by atoms with E-state index in [1.807, 2.05) is 49.4 Å². The molecule has 3 rings (SSSR count). The fourth-order valence-corrected chi connectivity index (χ4v) is 2.81. The van der Waals surface area contributed by atoms with Gasteiger partial charge in [-0.2, -0.15) is 0 Å². The van der Waals surface area contributed by atoms with Crippen LogP contribution in [0.3, 0.4) is 0 Å². The van der Waals surface area contributed by atoms with Gasteiger partial charge in [-0.05, 0) is 36.2 Å². The third-order valence-corrected chi connectivity index (χ3v) is 4.09. The molecule has 0 aliphatic rings. The average molecular weight is 352 g/mol. The van der Waals surface area contributed by atoms with Crippen molar-refractivity contribution < 1.29 is 19.4 Å². The van der Waals surface area contributed by atoms with E-state index in [9.17, 15) is 14.7 Å². The summed E-state index contributed by atoms with van der Waals surface area (Å²) in [5.41, 5.74) is 2.79. The molecule has 0 unspecified atom stereocenters. The number of ether oxygens (including phenoxy) is 1. The van der Waals surface area contributed by atoms with Crippen molar-refractivity contribution in [3.63, 3.8) is 0 Å². The van der Waals surface area contributed by atoms with Crippen LogP contribution in [0.4, 0.5) is 0 Å². The largest absolute Gasteiger partial charge is 0.484 e. The minimum Gasteiger partial charge on any atom is -0.484 e. The van der Waals surface area contributed by atoms with Crippen LogP contribution >= 0.6 is 0 Å². The molecule has 0 radical (unpaired) electrons. The van der Waals surface area contributed by atoms with Gasteiger partial charge in [-0.3, -0.25) is 4.79 Å². The third-order valence-electron chi connectivity index (χ3n) is 4.09. The van der Waals surface area contributed by atoms with Crippen molar-refractivity contribution in [1.82, 2.24) is 10.3 Å². The number of aliphatic carboxylic acids is 1. The fraction of sp³-hybridized carbons (Fsp3) is 0.200. The van der Waals surface area contributed by atoms with E-state index in [0.29, 0.717) is 5.75 Å². The van der Waals surface area contributed by atoms with E-state index >= 15 is 0 Å². The second kappa shape index (κ2) is 7.74. The Balaban J connectivity index is 1.63. The first kappa shape index (κ1) is 17.5. The van der Waals surface area contributed by atoms with Crippen molar-refractivity contribution in [2.75, 3.05) is 6.61 Å². The zero-order valence-corrected chi connectivity index (χ0v) is 14.4. The predicted octanol–water partition coefficient (Wildman–Crippen LogP) is 2.67. The van der Waals surface area contributed by atoms with Crippen molar-refractivity contribution >= 4 is 22.8 Å². The molecule has 26 heavy (non-hydrogen) atoms. The van der Waals surface area contributed by atoms with Crippen molar-refractivity contribution in [2.45, 2.75) is 19.4 Å². The van der Waals surface area contributed by atoms with E-state index in [1.54, 1.807) is 12.3 Å². The average Bonchev–Trinajstić information content (AvgIpc) is 3.02. The number of carboxylic acid groups (broad SMARTS) is 1. The Morgan fingerprint density at radius 3 is 2.77 bits per heavy atom. The topological polar surface area (TPSA) is 91.4 Å². The Bertz CT molecular complexity index is 932. The number of para-hydroxylation sites is 1. The summed E-state index contributed by atoms with van der Waals surface area (Å²) in [5, 5.41) is 12.9. The molecule has 0 fully saturated rings. The van der Waals surface area contributed by atoms with E-state index < -0.39 is 17.9 Å². The molecule has 6 heteroatoms. The number of aromatic nitrogens is 1. The molecule has 1 aromatic heterocycles. The summed E-state index contributed by atoms with van der Waals surface area (Å²) in [6, 6.07) is 13.9. The smallest absolute Gasteiger partial charge is 0.326 e. The molecule has 134 valence electrons. The van der Waals surface area contributed by atoms with Crippen LogP contribution in [0.5, 0.6) is 5.75 Å². The Labute approximate surface area is 150 Å². The van der Waals surface area contributed by atoms with E-state index in [4.69, 9.17) is 4.74 Å². The van der Waals surface area contributed by atoms with E-state index in [1.165, 1.54) is 0 Å². The maximum Gasteiger partial charge on any atom is 0.326 e. The van der Waals surface area contributed by atoms with Crippen LogP contribution in [0, 0.1) is 6.92 Å². The number of fused-ring (bicyclic) bond motifs is 1. The Morgan fingerprint density at radius 1 is 1.19 bits per heavy atom. The Hall–Kier alpha value is -3.28. The molecule has 0 bridgehead atoms. The third kappa shape index (κ3) is 4.22. The van der Waals surface area contributed by atoms with Crippen LogP contribution in [0.2, 0.25) is 0 Å². The predicted molar refractivity (Wildman–Crippen MR) is 98.2 cm³/mol. The van der Waals surface area contributed by atoms with Gasteiger partial charge in [-0.15, -0.1) is 0 Å². The molecule has 0 spiro atoms. The van der Waals surface area contributed by atoms with Gasteiger partial charge in [0.15, 0.2) is 6.61 Å². The molecule has 0 saturated heterocycles. The number of rotatable bonds is 7. The summed E-state index contributed by atoms with van der Waals surface area (Å²) < 4.78 is 5.42. The van der Waals surface area contributed by atoms with Gasteiger partial charge in [0.1, 0.15) is 11.8 Å². The van der Waals surface area contributed by atoms with Gasteiger partial charge in [0.2, 0.25) is 0 Å². The highest BCUT2D eigenvalue weighted by atomic mass is 16.5. The molecule has 3 N–H and O–H groups in total. The Kier molecular flexibility index (Phi) is 5.22. The monoisotopic (exact) mass is 352 g/mol. The summed E-state index contributed by atoms with van der Waals surface area (Å²) in [5.74, 6) is -0.985. The maximum atomic E-state index is 12.1. The molecule has 6 nitrogen and oxygen atoms in total. The van der Waals surface area contributed by atoms with E-state index in [-0.39, 0.29) is 13.0 Å². The molecular formula is C20H20N2O4. The summed E-state index contributed by atoms with van der Waals surface area (Å²) in [6.45, 7) is 1.69. The minimum absolute atomic E-state index is 0.190. The number of H-pyrrole nitrogens is 1. The first-order chi connectivity index (χ1) is 12.5. The second-order valence-electron chi connectivity index (χ2n) is 6.13. The number of aromatic amines is 1. The molecule has 0 saturated carbocycles. The number of hydrogen-bond acceptors (Lipinski definition) is 3. The SMILES string of the molecule is Cc1cccc(OCC(=O)N[C@@H](Cc2c[nH]c3ccccc23)C(=O)O)c1. The van der Waals surface area contributed by atoms with Gasteiger partial charge in [0, 0.05) is 23.5 Å². The van der Waals surface area contributed by atoms with Crippen molar-refractivity contribution in [2.24, 2.45) is 0 Å². The highest BCUT2D eigenvalue weighted by molar-refractivity contribution is 5.87. The number of carbonyl (C=O) groups is 2. The summed E-state index contributed by atoms with van der Waals surface area (Å²) in [7, 11) is 0. The van der Waals surface area contributed by atoms with E-state index in [0.717, 1.165) is 22.0 Å². The van der Waals surface area contributed by atoms with Crippen LogP contribution in [-0.2, 0) is 16.0 Å². The summed E-state index contributed by atoms with van der Waals surface area (Å²) >= 11 is 0. The van der Waals surface area contributed by atoms with Crippen molar-refractivity contribution in [3.8, 4) is 5.75 Å². The Morgan fingerprint density at radius 2 is 2.00 bits per heavy atom. The van der Waals surface area contributed by atoms with Gasteiger partial charge in [0.05, 0.1) is 0 Å². The van der Waals surface area contributed by atoms with Crippen LogP contribution in [0.25, 0.3) is 10.9 Å². The molecular weight excluding hydrogens is 332 g/mol. The summed E-state index contributed by atoms with van der Waals surface area (Å²) in [6.07, 6.45) is 1.96. The van der Waals surface area contributed by atoms with Crippen molar-refractivity contribution in [1.29, 1.82) is 0 Å². The maximum absolute atomic E-state index is 12.1. The number of benzene rings is 2. The van der Waals surface area contributed by atoms with Gasteiger partial charge in [-0.1, -0.05) is 30.3 Å². The van der Waals surface area contributed by atoms with Crippen LogP contribution in [0.1, 0.15) is 11.1 Å². The molecule has 0 aliphatic heterocycles. The normalized spacial score (nSPS) is 11.9. The van der Waals surface area contributed by atoms with Gasteiger partial charge in [0.25, 0.3) is 5.91 Å². The van der Waals surface area contributed by atoms with Crippen LogP contribution < -0.4 is 10.1 Å². The molecule has 0 aliphatic carbocycles. The lowest BCUT2D eigenvalue weighted by atomic mass is 10.1. The van der Waals surface area contributed by atoms with Crippen LogP contribution in [-0.4, -0.2) is 34.6 Å². The number of hydrogen-bond donors (Lipinski definition) is 3. The zero-order chi connectivity index (χ0) is 18.5. The van der Waals surface area contributed by atoms with E-state index in [2.05, 4.69) is 10.3 Å². The molecule has 1 heterocycles. The first-order valence-corrected chi connectivity index (χ1v) is 8.29. The fourth-order valence-electron chi connectivity index (χ4n) is 2.81. The zero-order valence-electron chi connectivity index (χ0n) is 14.4. The lowest BCUT2D eigenvalue weighted by molar-refractivity contribution is -0.142. The lowest BCUT2D eigenvalue weighted by Crippen LogP contribution is -2.44. The molecule has 3 aromatic rings. The molecule has 2 aromatic carbocycles. The van der Waals surface area contributed by atoms with Crippen molar-refractivity contribution in [3.05, 3.63) is 65.9 Å². The number of carboxylic acids is 1. The van der Waals surface area contributed by atoms with Gasteiger partial charge < -0.3 is 20.1 Å². The summed E-state index contributed by atoms with van der Waals surface area (Å²) in [4.78, 5) is 26.8. The standard InChI is InChI=1S/C20H20N2O4/c1-13-5-4-6-15(9-13)26-12-19(23)22-18(20(24)25)10-14-11-21-17-8-3-2-7-16(14)17/h2-9,11,18,21H,10,12H2,1H3,(H,22,23)(H,24,25)/t18-/m0/s1. The van der Waals surface area contributed by atoms with Crippen LogP contribution in [0.15, 0.2) is 54.7 Å². The molecule has 1 amide bonds. The molecule has 1 atom stereocenters. The number of carbonyl (C=O) groups excluding carboxylic acids is 1. The highest BCUT2D eigenvalue weighted by Crippen LogP contribution is 2.19.